The van der Waals surface area contributed by atoms with E-state index in [1.807, 2.05) is 18.2 Å². The Morgan fingerprint density at radius 3 is 2.27 bits per heavy atom. The highest BCUT2D eigenvalue weighted by Crippen LogP contribution is 2.18. The summed E-state index contributed by atoms with van der Waals surface area (Å²) in [6, 6.07) is 16.0. The second-order valence-corrected chi connectivity index (χ2v) is 8.14. The first-order chi connectivity index (χ1) is 15.9. The Labute approximate surface area is 195 Å². The molecule has 0 aliphatic heterocycles. The molecule has 0 fully saturated rings. The molecule has 0 unspecified atom stereocenters. The number of nitrogens with one attached hydrogen (secondary N) is 2. The van der Waals surface area contributed by atoms with Gasteiger partial charge in [-0.05, 0) is 55.4 Å². The van der Waals surface area contributed by atoms with Crippen LogP contribution in [-0.4, -0.2) is 40.4 Å². The molecule has 0 aliphatic carbocycles. The number of hydrogen-bond donors (Lipinski definition) is 5. The van der Waals surface area contributed by atoms with Gasteiger partial charge in [-0.25, -0.2) is 0 Å². The number of hydrogen-bond acceptors (Lipinski definition) is 4. The third-order valence-corrected chi connectivity index (χ3v) is 5.48. The SMILES string of the molecule is N=C(N)NCCC[C@H](C(N)=O)N(Cc1ccc(O)cc1)C(=O)CCCCCc1ccccc1. The van der Waals surface area contributed by atoms with Gasteiger partial charge in [-0.1, -0.05) is 48.9 Å². The van der Waals surface area contributed by atoms with E-state index in [-0.39, 0.29) is 24.2 Å². The lowest BCUT2D eigenvalue weighted by molar-refractivity contribution is -0.140. The Morgan fingerprint density at radius 2 is 1.64 bits per heavy atom. The van der Waals surface area contributed by atoms with Gasteiger partial charge in [-0.15, -0.1) is 0 Å². The number of carbonyl (C=O) groups excluding carboxylic acids is 2. The fourth-order valence-corrected chi connectivity index (χ4v) is 3.71. The Bertz CT molecular complexity index is 887. The highest BCUT2D eigenvalue weighted by molar-refractivity contribution is 5.86. The monoisotopic (exact) mass is 453 g/mol. The average molecular weight is 454 g/mol. The van der Waals surface area contributed by atoms with Crippen molar-refractivity contribution in [2.45, 2.75) is 57.5 Å². The first-order valence-corrected chi connectivity index (χ1v) is 11.4. The number of aromatic hydroxyl groups is 1. The van der Waals surface area contributed by atoms with Crippen LogP contribution in [0.3, 0.4) is 0 Å². The highest BCUT2D eigenvalue weighted by atomic mass is 16.3. The van der Waals surface area contributed by atoms with Crippen LogP contribution < -0.4 is 16.8 Å². The molecule has 8 heteroatoms. The fourth-order valence-electron chi connectivity index (χ4n) is 3.71. The van der Waals surface area contributed by atoms with Crippen molar-refractivity contribution in [1.82, 2.24) is 10.2 Å². The van der Waals surface area contributed by atoms with Gasteiger partial charge < -0.3 is 26.8 Å². The van der Waals surface area contributed by atoms with Crippen LogP contribution in [0, 0.1) is 5.41 Å². The van der Waals surface area contributed by atoms with Crippen molar-refractivity contribution in [3.05, 3.63) is 65.7 Å². The van der Waals surface area contributed by atoms with E-state index in [1.165, 1.54) is 5.56 Å². The van der Waals surface area contributed by atoms with Gasteiger partial charge in [-0.2, -0.15) is 0 Å². The maximum absolute atomic E-state index is 13.1. The lowest BCUT2D eigenvalue weighted by atomic mass is 10.0. The standard InChI is InChI=1S/C25H35N5O3/c26-24(33)22(11-7-17-29-25(27)28)30(18-20-13-15-21(31)16-14-20)23(32)12-6-2-5-10-19-8-3-1-4-9-19/h1,3-4,8-9,13-16,22,31H,2,5-7,10-12,17-18H2,(H2,26,33)(H4,27,28,29)/t22-/m1/s1. The summed E-state index contributed by atoms with van der Waals surface area (Å²) in [5, 5.41) is 19.5. The fraction of sp³-hybridized carbons (Fsp3) is 0.400. The summed E-state index contributed by atoms with van der Waals surface area (Å²) in [5.74, 6) is -0.685. The van der Waals surface area contributed by atoms with E-state index in [0.29, 0.717) is 25.8 Å². The van der Waals surface area contributed by atoms with Crippen molar-refractivity contribution in [3.63, 3.8) is 0 Å². The molecule has 2 amide bonds. The second-order valence-electron chi connectivity index (χ2n) is 8.14. The zero-order chi connectivity index (χ0) is 24.1. The molecule has 0 bridgehead atoms. The molecule has 8 nitrogen and oxygen atoms in total. The largest absolute Gasteiger partial charge is 0.508 e. The van der Waals surface area contributed by atoms with Crippen molar-refractivity contribution >= 4 is 17.8 Å². The van der Waals surface area contributed by atoms with Gasteiger partial charge in [0.1, 0.15) is 11.8 Å². The van der Waals surface area contributed by atoms with Crippen LogP contribution in [0.25, 0.3) is 0 Å². The number of phenols is 1. The van der Waals surface area contributed by atoms with Crippen LogP contribution in [0.15, 0.2) is 54.6 Å². The lowest BCUT2D eigenvalue weighted by Crippen LogP contribution is -2.47. The summed E-state index contributed by atoms with van der Waals surface area (Å²) in [5.41, 5.74) is 13.1. The van der Waals surface area contributed by atoms with Crippen LogP contribution in [-0.2, 0) is 22.6 Å². The van der Waals surface area contributed by atoms with Crippen LogP contribution in [0.1, 0.15) is 49.7 Å². The maximum Gasteiger partial charge on any atom is 0.240 e. The van der Waals surface area contributed by atoms with E-state index in [9.17, 15) is 14.7 Å². The number of unbranched alkanes of at least 4 members (excludes halogenated alkanes) is 2. The minimum Gasteiger partial charge on any atom is -0.508 e. The summed E-state index contributed by atoms with van der Waals surface area (Å²) < 4.78 is 0. The van der Waals surface area contributed by atoms with Gasteiger partial charge in [0, 0.05) is 19.5 Å². The molecular weight excluding hydrogens is 418 g/mol. The molecule has 178 valence electrons. The summed E-state index contributed by atoms with van der Waals surface area (Å²) in [6.45, 7) is 0.650. The highest BCUT2D eigenvalue weighted by Gasteiger charge is 2.27. The van der Waals surface area contributed by atoms with Crippen LogP contribution in [0.4, 0.5) is 0 Å². The first-order valence-electron chi connectivity index (χ1n) is 11.4. The third kappa shape index (κ3) is 9.64. The van der Waals surface area contributed by atoms with Crippen LogP contribution in [0.2, 0.25) is 0 Å². The van der Waals surface area contributed by atoms with E-state index in [1.54, 1.807) is 29.2 Å². The molecule has 2 aromatic rings. The number of benzene rings is 2. The molecule has 33 heavy (non-hydrogen) atoms. The average Bonchev–Trinajstić information content (AvgIpc) is 2.79. The molecule has 1 atom stereocenters. The first kappa shape index (κ1) is 25.7. The zero-order valence-electron chi connectivity index (χ0n) is 19.0. The van der Waals surface area contributed by atoms with E-state index >= 15 is 0 Å². The van der Waals surface area contributed by atoms with Crippen LogP contribution in [0.5, 0.6) is 5.75 Å². The van der Waals surface area contributed by atoms with Gasteiger partial charge >= 0.3 is 0 Å². The van der Waals surface area contributed by atoms with Crippen molar-refractivity contribution in [1.29, 1.82) is 5.41 Å². The van der Waals surface area contributed by atoms with Crippen LogP contribution >= 0.6 is 0 Å². The van der Waals surface area contributed by atoms with E-state index in [0.717, 1.165) is 31.2 Å². The maximum atomic E-state index is 13.1. The second kappa shape index (κ2) is 13.8. The van der Waals surface area contributed by atoms with E-state index in [2.05, 4.69) is 17.4 Å². The van der Waals surface area contributed by atoms with E-state index in [4.69, 9.17) is 16.9 Å². The number of primary amides is 1. The number of nitrogens with two attached hydrogens (primary N) is 2. The third-order valence-electron chi connectivity index (χ3n) is 5.48. The van der Waals surface area contributed by atoms with Crippen molar-refractivity contribution in [2.75, 3.05) is 6.54 Å². The quantitative estimate of drug-likeness (QED) is 0.170. The molecule has 2 aromatic carbocycles. The summed E-state index contributed by atoms with van der Waals surface area (Å²) in [7, 11) is 0. The summed E-state index contributed by atoms with van der Waals surface area (Å²) >= 11 is 0. The number of amides is 2. The normalized spacial score (nSPS) is 11.5. The predicted octanol–water partition coefficient (Wildman–Crippen LogP) is 2.64. The molecule has 0 aliphatic rings. The molecule has 0 heterocycles. The van der Waals surface area contributed by atoms with Gasteiger partial charge in [0.05, 0.1) is 0 Å². The van der Waals surface area contributed by atoms with Gasteiger partial charge in [0.2, 0.25) is 11.8 Å². The Kier molecular flexibility index (Phi) is 10.7. The molecule has 0 saturated carbocycles. The van der Waals surface area contributed by atoms with Crippen molar-refractivity contribution in [2.24, 2.45) is 11.5 Å². The lowest BCUT2D eigenvalue weighted by Gasteiger charge is -2.30. The zero-order valence-corrected chi connectivity index (χ0v) is 19.0. The topological polar surface area (TPSA) is 146 Å². The number of phenolic OH excluding ortho intramolecular Hbond substituents is 1. The molecule has 0 saturated heterocycles. The minimum atomic E-state index is -0.760. The van der Waals surface area contributed by atoms with Gasteiger partial charge in [0.25, 0.3) is 0 Å². The van der Waals surface area contributed by atoms with Gasteiger partial charge in [0.15, 0.2) is 5.96 Å². The summed E-state index contributed by atoms with van der Waals surface area (Å²) in [4.78, 5) is 26.9. The minimum absolute atomic E-state index is 0.119. The Morgan fingerprint density at radius 1 is 0.939 bits per heavy atom. The number of guanidine groups is 1. The number of carbonyl (C=O) groups is 2. The number of nitrogens with zero attached hydrogens (tertiary/aromatic N) is 1. The summed E-state index contributed by atoms with van der Waals surface area (Å²) in [6.07, 6.45) is 4.84. The molecule has 7 N–H and O–H groups in total. The Balaban J connectivity index is 1.97. The molecule has 0 radical (unpaired) electrons. The smallest absolute Gasteiger partial charge is 0.240 e. The van der Waals surface area contributed by atoms with Crippen molar-refractivity contribution in [3.8, 4) is 5.75 Å². The number of aryl methyl sites for hydroxylation is 1. The molecule has 0 aromatic heterocycles. The molecular formula is C25H35N5O3. The van der Waals surface area contributed by atoms with Crippen molar-refractivity contribution < 1.29 is 14.7 Å². The predicted molar refractivity (Wildman–Crippen MR) is 129 cm³/mol. The molecule has 0 spiro atoms. The Hall–Kier alpha value is -3.55. The van der Waals surface area contributed by atoms with Gasteiger partial charge in [-0.3, -0.25) is 15.0 Å². The van der Waals surface area contributed by atoms with E-state index < -0.39 is 11.9 Å². The number of rotatable bonds is 14. The molecule has 2 rings (SSSR count).